The van der Waals surface area contributed by atoms with Crippen LogP contribution >= 0.6 is 23.4 Å². The van der Waals surface area contributed by atoms with Gasteiger partial charge in [0.05, 0.1) is 35.4 Å². The van der Waals surface area contributed by atoms with Gasteiger partial charge in [0.25, 0.3) is 0 Å². The second-order valence-electron chi connectivity index (χ2n) is 11.1. The Hall–Kier alpha value is -3.20. The van der Waals surface area contributed by atoms with Gasteiger partial charge in [0, 0.05) is 64.9 Å². The maximum atomic E-state index is 15.3. The van der Waals surface area contributed by atoms with E-state index in [0.29, 0.717) is 12.6 Å². The third kappa shape index (κ3) is 6.29. The van der Waals surface area contributed by atoms with E-state index in [4.69, 9.17) is 16.3 Å². The van der Waals surface area contributed by atoms with E-state index in [0.717, 1.165) is 23.9 Å². The van der Waals surface area contributed by atoms with Crippen molar-refractivity contribution in [1.82, 2.24) is 19.8 Å². The number of hydrogen-bond acceptors (Lipinski definition) is 7. The molecule has 1 N–H and O–H groups in total. The lowest BCUT2D eigenvalue weighted by atomic mass is 9.95. The number of aromatic nitrogens is 2. The summed E-state index contributed by atoms with van der Waals surface area (Å²) in [6.45, 7) is 8.24. The number of ether oxygens (including phenoxy) is 1. The van der Waals surface area contributed by atoms with Crippen molar-refractivity contribution in [3.8, 4) is 11.1 Å². The number of hydrogen-bond donors (Lipinski definition) is 1. The summed E-state index contributed by atoms with van der Waals surface area (Å²) >= 11 is 6.94. The van der Waals surface area contributed by atoms with Crippen molar-refractivity contribution in [2.45, 2.75) is 49.7 Å². The smallest absolute Gasteiger partial charge is 0.374 e. The van der Waals surface area contributed by atoms with Gasteiger partial charge in [-0.25, -0.2) is 13.6 Å². The number of nitrogens with zero attached hydrogens (tertiary/aromatic N) is 4. The molecule has 45 heavy (non-hydrogen) atoms. The molecule has 1 fully saturated rings. The number of carbonyl (C=O) groups excluding carboxylic acids is 1. The monoisotopic (exact) mass is 671 g/mol. The Balaban J connectivity index is 1.81. The van der Waals surface area contributed by atoms with Gasteiger partial charge in [-0.2, -0.15) is 18.2 Å². The van der Waals surface area contributed by atoms with Gasteiger partial charge in [0.1, 0.15) is 17.5 Å². The largest absolute Gasteiger partial charge is 0.417 e. The number of carbonyl (C=O) groups is 1. The fourth-order valence-corrected chi connectivity index (χ4v) is 7.48. The molecule has 0 aliphatic carbocycles. The number of anilines is 1. The van der Waals surface area contributed by atoms with Gasteiger partial charge < -0.3 is 19.9 Å². The lowest BCUT2D eigenvalue weighted by Gasteiger charge is -2.44. The molecule has 242 valence electrons. The number of alkyl halides is 3. The molecule has 15 heteroatoms. The highest BCUT2D eigenvalue weighted by Crippen LogP contribution is 2.49. The van der Waals surface area contributed by atoms with E-state index in [-0.39, 0.29) is 71.6 Å². The molecule has 2 aliphatic heterocycles. The molecule has 3 heterocycles. The predicted molar refractivity (Wildman–Crippen MR) is 164 cm³/mol. The number of rotatable bonds is 7. The van der Waals surface area contributed by atoms with Crippen LogP contribution in [0.4, 0.5) is 27.8 Å². The van der Waals surface area contributed by atoms with Gasteiger partial charge in [0.15, 0.2) is 0 Å². The Morgan fingerprint density at radius 3 is 2.49 bits per heavy atom. The highest BCUT2D eigenvalue weighted by atomic mass is 35.5. The van der Waals surface area contributed by atoms with Crippen molar-refractivity contribution in [1.29, 1.82) is 0 Å². The molecule has 8 nitrogen and oxygen atoms in total. The van der Waals surface area contributed by atoms with Gasteiger partial charge >= 0.3 is 11.9 Å². The number of nitrogens with one attached hydrogen (secondary N) is 1. The average Bonchev–Trinajstić information content (AvgIpc) is 3.16. The Kier molecular flexibility index (Phi) is 9.50. The fourth-order valence-electron chi connectivity index (χ4n) is 6.05. The lowest BCUT2D eigenvalue weighted by Crippen LogP contribution is -2.58. The number of benzene rings is 2. The van der Waals surface area contributed by atoms with Crippen LogP contribution in [0.25, 0.3) is 22.0 Å². The molecule has 3 unspecified atom stereocenters. The van der Waals surface area contributed by atoms with Crippen LogP contribution in [0, 0.1) is 11.6 Å². The SMILES string of the molecule is C=CC(=O)N1C(C)CN(c2nc(=O)n3c4c(c(-c5cc(Cl)c(F)cc5F)c(C(F)(F)F)cc24)SCC(OCCNC)C3)CC1C. The molecule has 2 aromatic carbocycles. The molecule has 0 radical (unpaired) electrons. The normalized spacial score (nSPS) is 20.4. The summed E-state index contributed by atoms with van der Waals surface area (Å²) in [7, 11) is 1.74. The quantitative estimate of drug-likeness (QED) is 0.157. The zero-order valence-electron chi connectivity index (χ0n) is 24.7. The van der Waals surface area contributed by atoms with Crippen molar-refractivity contribution in [3.05, 3.63) is 63.6 Å². The topological polar surface area (TPSA) is 79.7 Å². The summed E-state index contributed by atoms with van der Waals surface area (Å²) in [5.74, 6) is -2.50. The minimum absolute atomic E-state index is 0.0155. The van der Waals surface area contributed by atoms with Gasteiger partial charge in [-0.05, 0) is 39.1 Å². The summed E-state index contributed by atoms with van der Waals surface area (Å²) in [5.41, 5.74) is -2.89. The van der Waals surface area contributed by atoms with Crippen molar-refractivity contribution in [2.24, 2.45) is 0 Å². The van der Waals surface area contributed by atoms with E-state index >= 15 is 4.39 Å². The van der Waals surface area contributed by atoms with E-state index < -0.39 is 51.3 Å². The third-order valence-corrected chi connectivity index (χ3v) is 9.45. The first-order valence-electron chi connectivity index (χ1n) is 14.2. The maximum absolute atomic E-state index is 15.3. The highest BCUT2D eigenvalue weighted by Gasteiger charge is 2.40. The molecule has 0 spiro atoms. The van der Waals surface area contributed by atoms with Crippen LogP contribution in [0.1, 0.15) is 19.4 Å². The van der Waals surface area contributed by atoms with Crippen LogP contribution in [-0.4, -0.2) is 77.6 Å². The summed E-state index contributed by atoms with van der Waals surface area (Å²) in [6.07, 6.45) is -4.39. The van der Waals surface area contributed by atoms with Crippen LogP contribution in [0.5, 0.6) is 0 Å². The van der Waals surface area contributed by atoms with Crippen molar-refractivity contribution >= 4 is 46.0 Å². The molecule has 0 bridgehead atoms. The van der Waals surface area contributed by atoms with Crippen molar-refractivity contribution < 1.29 is 31.5 Å². The standard InChI is InChI=1S/C30H31ClF5N5O3S/c1-5-24(42)41-15(2)11-39(12-16(41)3)28-19-8-20(30(34,35)36)25(18-9-21(31)23(33)10-22(18)32)27-26(19)40(29(43)38-28)13-17(14-45-27)44-7-6-37-4/h5,8-10,15-17,37H,1,6-7,11-14H2,2-4H3. The first kappa shape index (κ1) is 33.2. The Morgan fingerprint density at radius 2 is 1.87 bits per heavy atom. The summed E-state index contributed by atoms with van der Waals surface area (Å²) in [5, 5.41) is 2.42. The van der Waals surface area contributed by atoms with Crippen LogP contribution in [-0.2, 0) is 22.3 Å². The van der Waals surface area contributed by atoms with E-state index in [1.807, 2.05) is 0 Å². The molecule has 3 atom stereocenters. The zero-order valence-corrected chi connectivity index (χ0v) is 26.3. The van der Waals surface area contributed by atoms with Crippen LogP contribution in [0.2, 0.25) is 5.02 Å². The molecule has 1 aromatic heterocycles. The minimum atomic E-state index is -4.99. The van der Waals surface area contributed by atoms with Gasteiger partial charge in [0.2, 0.25) is 5.91 Å². The molecule has 5 rings (SSSR count). The summed E-state index contributed by atoms with van der Waals surface area (Å²) in [4.78, 5) is 33.8. The molecule has 2 aliphatic rings. The minimum Gasteiger partial charge on any atom is -0.374 e. The van der Waals surface area contributed by atoms with Gasteiger partial charge in [-0.15, -0.1) is 11.8 Å². The van der Waals surface area contributed by atoms with E-state index in [1.54, 1.807) is 30.7 Å². The lowest BCUT2D eigenvalue weighted by molar-refractivity contribution is -0.137. The maximum Gasteiger partial charge on any atom is 0.417 e. The van der Waals surface area contributed by atoms with Gasteiger partial charge in [-0.1, -0.05) is 18.2 Å². The van der Waals surface area contributed by atoms with E-state index in [9.17, 15) is 27.2 Å². The molecule has 3 aromatic rings. The predicted octanol–water partition coefficient (Wildman–Crippen LogP) is 5.34. The molecule has 1 saturated heterocycles. The van der Waals surface area contributed by atoms with Crippen LogP contribution < -0.4 is 15.9 Å². The van der Waals surface area contributed by atoms with E-state index in [1.165, 1.54) is 10.6 Å². The first-order chi connectivity index (χ1) is 21.3. The second-order valence-corrected chi connectivity index (χ2v) is 12.5. The summed E-state index contributed by atoms with van der Waals surface area (Å²) in [6, 6.07) is 1.37. The fraction of sp³-hybridized carbons (Fsp3) is 0.433. The second kappa shape index (κ2) is 12.9. The first-order valence-corrected chi connectivity index (χ1v) is 15.5. The van der Waals surface area contributed by atoms with Crippen LogP contribution in [0.15, 0.2) is 40.5 Å². The highest BCUT2D eigenvalue weighted by molar-refractivity contribution is 7.99. The number of amides is 1. The van der Waals surface area contributed by atoms with Crippen molar-refractivity contribution in [2.75, 3.05) is 43.9 Å². The Morgan fingerprint density at radius 1 is 1.18 bits per heavy atom. The number of piperazine rings is 1. The number of thioether (sulfide) groups is 1. The Labute approximate surface area is 265 Å². The average molecular weight is 672 g/mol. The Bertz CT molecular complexity index is 1710. The van der Waals surface area contributed by atoms with Gasteiger partial charge in [-0.3, -0.25) is 9.36 Å². The molecule has 1 amide bonds. The van der Waals surface area contributed by atoms with Crippen molar-refractivity contribution in [3.63, 3.8) is 0 Å². The molecular formula is C30H31ClF5N5O3S. The zero-order chi connectivity index (χ0) is 32.8. The molecule has 0 saturated carbocycles. The summed E-state index contributed by atoms with van der Waals surface area (Å²) < 4.78 is 81.5. The number of halogens is 6. The molecular weight excluding hydrogens is 641 g/mol. The number of likely N-dealkylation sites (N-methyl/N-ethyl adjacent to an activating group) is 1. The van der Waals surface area contributed by atoms with Crippen LogP contribution in [0.3, 0.4) is 0 Å². The third-order valence-electron chi connectivity index (χ3n) is 7.94. The van der Waals surface area contributed by atoms with E-state index in [2.05, 4.69) is 16.9 Å².